The van der Waals surface area contributed by atoms with E-state index in [1.807, 2.05) is 0 Å². The number of fused-ring (bicyclic) bond motifs is 1. The third-order valence-electron chi connectivity index (χ3n) is 4.37. The highest BCUT2D eigenvalue weighted by Crippen LogP contribution is 2.52. The minimum atomic E-state index is -5.27. The predicted octanol–water partition coefficient (Wildman–Crippen LogP) is -0.252. The molecule has 0 radical (unpaired) electrons. The third kappa shape index (κ3) is 4.19. The predicted molar refractivity (Wildman–Crippen MR) is 103 cm³/mol. The molecule has 2 aromatic rings. The summed E-state index contributed by atoms with van der Waals surface area (Å²) >= 11 is 9.33. The van der Waals surface area contributed by atoms with Crippen molar-refractivity contribution in [2.24, 2.45) is 0 Å². The van der Waals surface area contributed by atoms with E-state index in [4.69, 9.17) is 16.1 Å². The highest BCUT2D eigenvalue weighted by Gasteiger charge is 2.61. The van der Waals surface area contributed by atoms with E-state index < -0.39 is 44.1 Å². The number of phosphoric ester groups is 1. The molecule has 1 saturated carbocycles. The summed E-state index contributed by atoms with van der Waals surface area (Å²) in [6.45, 7) is 0. The van der Waals surface area contributed by atoms with Crippen LogP contribution in [0.3, 0.4) is 0 Å². The minimum absolute atomic E-state index is 0. The lowest BCUT2D eigenvalue weighted by atomic mass is 9.82. The summed E-state index contributed by atoms with van der Waals surface area (Å²) < 4.78 is 22.3. The molecule has 0 amide bonds. The number of H-pyrrole nitrogens is 1. The van der Waals surface area contributed by atoms with Crippen LogP contribution in [0.15, 0.2) is 22.8 Å². The summed E-state index contributed by atoms with van der Waals surface area (Å²) in [6, 6.07) is 3.21. The van der Waals surface area contributed by atoms with Crippen LogP contribution < -0.4 is 10.7 Å². The average molecular weight is 522 g/mol. The van der Waals surface area contributed by atoms with Gasteiger partial charge < -0.3 is 46.3 Å². The van der Waals surface area contributed by atoms with E-state index in [-0.39, 0.29) is 22.3 Å². The molecule has 1 aromatic carbocycles. The van der Waals surface area contributed by atoms with Crippen LogP contribution in [0.5, 0.6) is 5.75 Å². The SMILES string of the molecule is N.O=P(O)(Oc1c[nH]c2ccc(Br)c(Cl)c12)O[C@]1(O)[C@H](O)[C@H](O)[C@@H](O)[C@H](O)[C@H]1O. The van der Waals surface area contributed by atoms with Crippen molar-refractivity contribution < 1.29 is 49.1 Å². The lowest BCUT2D eigenvalue weighted by Gasteiger charge is -2.46. The molecular weight excluding hydrogens is 502 g/mol. The Labute approximate surface area is 176 Å². The fourth-order valence-electron chi connectivity index (χ4n) is 2.87. The van der Waals surface area contributed by atoms with Crippen LogP contribution >= 0.6 is 35.4 Å². The first-order valence-corrected chi connectivity index (χ1v) is 10.4. The molecule has 1 aromatic heterocycles. The molecule has 164 valence electrons. The molecule has 3 rings (SSSR count). The number of aliphatic hydroxyl groups is 6. The zero-order chi connectivity index (χ0) is 21.0. The van der Waals surface area contributed by atoms with Gasteiger partial charge in [-0.15, -0.1) is 0 Å². The van der Waals surface area contributed by atoms with Gasteiger partial charge in [0.2, 0.25) is 5.79 Å². The fraction of sp³-hybridized carbons (Fsp3) is 0.429. The second-order valence-corrected chi connectivity index (χ2v) is 8.74. The van der Waals surface area contributed by atoms with Crippen molar-refractivity contribution in [3.63, 3.8) is 0 Å². The van der Waals surface area contributed by atoms with Crippen LogP contribution in [0, 0.1) is 0 Å². The standard InChI is InChI=1S/C14H16BrClNO10P.H3N/c15-4-1-2-5-7(8(4)16)6(3-17-5)26-28(24,25)27-14(23)12(21)10(19)9(18)11(20)13(14)22;/h1-3,9-13,17-23H,(H,24,25);1H3/t9-,10-,11+,12-,13-,14-;/m1./s1. The maximum atomic E-state index is 12.4. The second-order valence-electron chi connectivity index (χ2n) is 6.20. The van der Waals surface area contributed by atoms with Gasteiger partial charge in [-0.05, 0) is 28.1 Å². The van der Waals surface area contributed by atoms with Gasteiger partial charge in [0.05, 0.1) is 15.9 Å². The van der Waals surface area contributed by atoms with Crippen LogP contribution in [-0.4, -0.2) is 76.8 Å². The molecule has 1 heterocycles. The van der Waals surface area contributed by atoms with Crippen LogP contribution in [0.4, 0.5) is 0 Å². The Morgan fingerprint density at radius 1 is 1.10 bits per heavy atom. The maximum Gasteiger partial charge on any atom is 0.530 e. The Bertz CT molecular complexity index is 929. The minimum Gasteiger partial charge on any atom is -0.402 e. The van der Waals surface area contributed by atoms with E-state index in [9.17, 15) is 40.1 Å². The number of benzene rings is 1. The number of aliphatic hydroxyl groups excluding tert-OH is 5. The van der Waals surface area contributed by atoms with E-state index in [0.717, 1.165) is 0 Å². The molecule has 1 aliphatic rings. The van der Waals surface area contributed by atoms with E-state index in [0.29, 0.717) is 9.99 Å². The van der Waals surface area contributed by atoms with Crippen molar-refractivity contribution in [1.82, 2.24) is 11.1 Å². The molecule has 0 spiro atoms. The van der Waals surface area contributed by atoms with Gasteiger partial charge in [0.15, 0.2) is 5.75 Å². The summed E-state index contributed by atoms with van der Waals surface area (Å²) in [4.78, 5) is 12.8. The van der Waals surface area contributed by atoms with Crippen LogP contribution in [0.2, 0.25) is 5.02 Å². The summed E-state index contributed by atoms with van der Waals surface area (Å²) in [5.41, 5.74) is 0.439. The summed E-state index contributed by atoms with van der Waals surface area (Å²) in [6.07, 6.45) is -10.2. The number of rotatable bonds is 4. The van der Waals surface area contributed by atoms with Crippen molar-refractivity contribution in [2.75, 3.05) is 0 Å². The van der Waals surface area contributed by atoms with Gasteiger partial charge in [0, 0.05) is 10.7 Å². The second kappa shape index (κ2) is 8.38. The number of nitrogens with one attached hydrogen (secondary N) is 1. The molecule has 29 heavy (non-hydrogen) atoms. The lowest BCUT2D eigenvalue weighted by molar-refractivity contribution is -0.336. The number of aromatic nitrogens is 1. The Morgan fingerprint density at radius 2 is 1.66 bits per heavy atom. The fourth-order valence-corrected chi connectivity index (χ4v) is 4.48. The van der Waals surface area contributed by atoms with E-state index >= 15 is 0 Å². The average Bonchev–Trinajstić information content (AvgIpc) is 3.02. The van der Waals surface area contributed by atoms with E-state index in [1.165, 1.54) is 6.20 Å². The molecule has 15 heteroatoms. The quantitative estimate of drug-likeness (QED) is 0.188. The summed E-state index contributed by atoms with van der Waals surface area (Å²) in [5.74, 6) is -3.59. The zero-order valence-corrected chi connectivity index (χ0v) is 17.6. The van der Waals surface area contributed by atoms with Gasteiger partial charge in [-0.1, -0.05) is 11.6 Å². The van der Waals surface area contributed by atoms with Crippen LogP contribution in [-0.2, 0) is 9.09 Å². The van der Waals surface area contributed by atoms with Crippen molar-refractivity contribution in [1.29, 1.82) is 0 Å². The maximum absolute atomic E-state index is 12.4. The van der Waals surface area contributed by atoms with Gasteiger partial charge in [-0.2, -0.15) is 0 Å². The molecule has 7 atom stereocenters. The van der Waals surface area contributed by atoms with Crippen molar-refractivity contribution in [3.05, 3.63) is 27.8 Å². The third-order valence-corrected chi connectivity index (χ3v) is 6.60. The molecular formula is C14H19BrClN2O10P. The Morgan fingerprint density at radius 3 is 2.21 bits per heavy atom. The Kier molecular flexibility index (Phi) is 7.07. The molecule has 12 nitrogen and oxygen atoms in total. The Hall–Kier alpha value is -0.800. The molecule has 0 saturated heterocycles. The first kappa shape index (κ1) is 24.5. The first-order valence-electron chi connectivity index (χ1n) is 7.70. The zero-order valence-electron chi connectivity index (χ0n) is 14.4. The molecule has 0 aliphatic heterocycles. The number of hydrogen-bond acceptors (Lipinski definition) is 10. The van der Waals surface area contributed by atoms with Crippen molar-refractivity contribution >= 4 is 46.3 Å². The van der Waals surface area contributed by atoms with Gasteiger partial charge in [-0.25, -0.2) is 9.09 Å². The summed E-state index contributed by atoms with van der Waals surface area (Å²) in [7, 11) is -5.27. The highest BCUT2D eigenvalue weighted by atomic mass is 79.9. The first-order chi connectivity index (χ1) is 12.9. The molecule has 11 N–H and O–H groups in total. The summed E-state index contributed by atoms with van der Waals surface area (Å²) in [5, 5.41) is 59.4. The van der Waals surface area contributed by atoms with Crippen LogP contribution in [0.1, 0.15) is 0 Å². The topological polar surface area (TPSA) is 228 Å². The smallest absolute Gasteiger partial charge is 0.402 e. The number of halogens is 2. The number of phosphoric acid groups is 1. The number of aromatic amines is 1. The van der Waals surface area contributed by atoms with Gasteiger partial charge in [0.1, 0.15) is 30.5 Å². The lowest BCUT2D eigenvalue weighted by Crippen LogP contribution is -2.71. The monoisotopic (exact) mass is 520 g/mol. The van der Waals surface area contributed by atoms with Gasteiger partial charge in [-0.3, -0.25) is 4.89 Å². The highest BCUT2D eigenvalue weighted by molar-refractivity contribution is 9.10. The van der Waals surface area contributed by atoms with E-state index in [1.54, 1.807) is 12.1 Å². The normalized spacial score (nSPS) is 34.4. The van der Waals surface area contributed by atoms with Crippen molar-refractivity contribution in [3.8, 4) is 5.75 Å². The van der Waals surface area contributed by atoms with Crippen molar-refractivity contribution in [2.45, 2.75) is 36.3 Å². The largest absolute Gasteiger partial charge is 0.530 e. The number of hydrogen-bond donors (Lipinski definition) is 9. The van der Waals surface area contributed by atoms with Gasteiger partial charge >= 0.3 is 7.82 Å². The Balaban J connectivity index is 0.00000300. The van der Waals surface area contributed by atoms with E-state index in [2.05, 4.69) is 25.4 Å². The molecule has 1 aliphatic carbocycles. The van der Waals surface area contributed by atoms with Crippen LogP contribution in [0.25, 0.3) is 10.9 Å². The molecule has 0 bridgehead atoms. The molecule has 1 unspecified atom stereocenters. The molecule has 1 fully saturated rings. The van der Waals surface area contributed by atoms with Gasteiger partial charge in [0.25, 0.3) is 0 Å².